The molecule has 150 valence electrons. The van der Waals surface area contributed by atoms with Gasteiger partial charge in [0.15, 0.2) is 0 Å². The Bertz CT molecular complexity index is 923. The highest BCUT2D eigenvalue weighted by Crippen LogP contribution is 2.38. The average molecular weight is 403 g/mol. The fraction of sp³-hybridized carbons (Fsp3) is 0.571. The number of carbonyl (C=O) groups excluding carboxylic acids is 1. The summed E-state index contributed by atoms with van der Waals surface area (Å²) in [7, 11) is 0. The standard InChI is InChI=1S/C21H27ClN4O2/c1-13(2)28-15-5-3-14(4-6-15)19-17(22)7-8-26(9-10-27)21-16-11-23-24-12-18(16)25-20(19)21/h7,10,12-15,25H,3-6,8-9,11H2,1-2H3/t14-,15-. The maximum absolute atomic E-state index is 11.3. The zero-order chi connectivity index (χ0) is 19.7. The number of aromatic nitrogens is 1. The Kier molecular flexibility index (Phi) is 5.69. The summed E-state index contributed by atoms with van der Waals surface area (Å²) in [4.78, 5) is 16.9. The zero-order valence-electron chi connectivity index (χ0n) is 16.4. The van der Waals surface area contributed by atoms with Gasteiger partial charge in [0.25, 0.3) is 0 Å². The summed E-state index contributed by atoms with van der Waals surface area (Å²) in [5.41, 5.74) is 3.32. The highest BCUT2D eigenvalue weighted by molar-refractivity contribution is 6.36. The molecule has 2 aliphatic heterocycles. The van der Waals surface area contributed by atoms with Crippen LogP contribution in [0.5, 0.6) is 0 Å². The van der Waals surface area contributed by atoms with Crippen molar-refractivity contribution >= 4 is 35.3 Å². The molecule has 0 radical (unpaired) electrons. The fourth-order valence-corrected chi connectivity index (χ4v) is 4.93. The van der Waals surface area contributed by atoms with Crippen LogP contribution in [-0.2, 0) is 16.1 Å². The third-order valence-corrected chi connectivity index (χ3v) is 6.14. The average Bonchev–Trinajstić information content (AvgIpc) is 2.99. The van der Waals surface area contributed by atoms with Crippen molar-refractivity contribution in [2.24, 2.45) is 16.1 Å². The largest absolute Gasteiger partial charge is 0.376 e. The van der Waals surface area contributed by atoms with E-state index in [0.29, 0.717) is 31.7 Å². The van der Waals surface area contributed by atoms with Gasteiger partial charge < -0.3 is 19.4 Å². The van der Waals surface area contributed by atoms with Gasteiger partial charge in [0.1, 0.15) is 6.29 Å². The maximum Gasteiger partial charge on any atom is 0.139 e. The Morgan fingerprint density at radius 3 is 2.86 bits per heavy atom. The van der Waals surface area contributed by atoms with Crippen LogP contribution >= 0.6 is 11.6 Å². The number of H-pyrrole nitrogens is 1. The molecule has 0 unspecified atom stereocenters. The maximum atomic E-state index is 11.3. The third-order valence-electron chi connectivity index (χ3n) is 5.78. The molecule has 4 rings (SSSR count). The number of ether oxygens (including phenoxy) is 1. The number of halogens is 1. The second kappa shape index (κ2) is 8.21. The number of hydrogen-bond acceptors (Lipinski definition) is 5. The molecular weight excluding hydrogens is 376 g/mol. The number of hydrogen-bond donors (Lipinski definition) is 1. The molecule has 0 spiro atoms. The first-order valence-electron chi connectivity index (χ1n) is 10.1. The Morgan fingerprint density at radius 2 is 2.14 bits per heavy atom. The first kappa shape index (κ1) is 19.4. The quantitative estimate of drug-likeness (QED) is 0.769. The molecule has 0 aromatic carbocycles. The van der Waals surface area contributed by atoms with E-state index < -0.39 is 0 Å². The van der Waals surface area contributed by atoms with Gasteiger partial charge in [0, 0.05) is 17.1 Å². The van der Waals surface area contributed by atoms with Gasteiger partial charge in [-0.1, -0.05) is 11.6 Å². The molecule has 28 heavy (non-hydrogen) atoms. The lowest BCUT2D eigenvalue weighted by atomic mass is 9.81. The normalized spacial score (nSPS) is 24.4. The van der Waals surface area contributed by atoms with Crippen molar-refractivity contribution in [3.63, 3.8) is 0 Å². The van der Waals surface area contributed by atoms with E-state index >= 15 is 0 Å². The summed E-state index contributed by atoms with van der Waals surface area (Å²) in [5, 5.41) is 11.0. The number of azo groups is 1. The monoisotopic (exact) mass is 402 g/mol. The van der Waals surface area contributed by atoms with E-state index in [-0.39, 0.29) is 6.10 Å². The van der Waals surface area contributed by atoms with Crippen LogP contribution in [0.3, 0.4) is 0 Å². The lowest BCUT2D eigenvalue weighted by Gasteiger charge is -2.31. The Morgan fingerprint density at radius 1 is 1.36 bits per heavy atom. The highest BCUT2D eigenvalue weighted by atomic mass is 35.5. The number of aromatic amines is 1. The second-order valence-electron chi connectivity index (χ2n) is 7.98. The van der Waals surface area contributed by atoms with Crippen LogP contribution in [-0.4, -0.2) is 36.6 Å². The molecule has 1 aliphatic carbocycles. The van der Waals surface area contributed by atoms with Gasteiger partial charge >= 0.3 is 0 Å². The van der Waals surface area contributed by atoms with Gasteiger partial charge in [-0.15, -0.1) is 0 Å². The molecule has 0 atom stereocenters. The Balaban J connectivity index is 1.77. The van der Waals surface area contributed by atoms with Crippen LogP contribution in [0, 0.1) is 5.92 Å². The minimum atomic E-state index is 0.261. The van der Waals surface area contributed by atoms with Gasteiger partial charge in [-0.25, -0.2) is 0 Å². The van der Waals surface area contributed by atoms with Gasteiger partial charge in [-0.3, -0.25) is 0 Å². The number of aldehydes is 1. The van der Waals surface area contributed by atoms with E-state index in [4.69, 9.17) is 16.3 Å². The molecule has 7 heteroatoms. The predicted molar refractivity (Wildman–Crippen MR) is 111 cm³/mol. The minimum Gasteiger partial charge on any atom is -0.376 e. The summed E-state index contributed by atoms with van der Waals surface area (Å²) < 4.78 is 6.02. The lowest BCUT2D eigenvalue weighted by molar-refractivity contribution is -0.106. The van der Waals surface area contributed by atoms with Crippen molar-refractivity contribution in [2.75, 3.05) is 18.0 Å². The Hall–Kier alpha value is -1.92. The molecule has 1 N–H and O–H groups in total. The molecule has 1 fully saturated rings. The molecule has 3 aliphatic rings. The number of fused-ring (bicyclic) bond motifs is 3. The van der Waals surface area contributed by atoms with Gasteiger partial charge in [-0.05, 0) is 57.1 Å². The van der Waals surface area contributed by atoms with Crippen LogP contribution in [0.1, 0.15) is 45.1 Å². The first-order valence-corrected chi connectivity index (χ1v) is 10.5. The first-order chi connectivity index (χ1) is 13.6. The molecule has 6 nitrogen and oxygen atoms in total. The molecule has 3 heterocycles. The van der Waals surface area contributed by atoms with Gasteiger partial charge in [-0.2, -0.15) is 10.2 Å². The number of allylic oxidation sites excluding steroid dienone is 1. The number of carbonyl (C=O) groups is 1. The number of rotatable bonds is 5. The van der Waals surface area contributed by atoms with E-state index in [0.717, 1.165) is 64.5 Å². The Labute approximate surface area is 170 Å². The molecule has 0 amide bonds. The summed E-state index contributed by atoms with van der Waals surface area (Å²) in [6, 6.07) is 0. The van der Waals surface area contributed by atoms with E-state index in [9.17, 15) is 4.79 Å². The smallest absolute Gasteiger partial charge is 0.139 e. The second-order valence-corrected chi connectivity index (χ2v) is 8.39. The zero-order valence-corrected chi connectivity index (χ0v) is 17.2. The van der Waals surface area contributed by atoms with Gasteiger partial charge in [0.05, 0.1) is 47.9 Å². The van der Waals surface area contributed by atoms with Crippen molar-refractivity contribution < 1.29 is 9.53 Å². The van der Waals surface area contributed by atoms with E-state index in [1.54, 1.807) is 6.20 Å². The topological polar surface area (TPSA) is 70.0 Å². The van der Waals surface area contributed by atoms with Crippen molar-refractivity contribution in [1.82, 2.24) is 4.98 Å². The summed E-state index contributed by atoms with van der Waals surface area (Å²) >= 11 is 6.80. The molecule has 1 aromatic heterocycles. The van der Waals surface area contributed by atoms with E-state index in [1.807, 2.05) is 6.08 Å². The molecular formula is C21H27ClN4O2. The van der Waals surface area contributed by atoms with Crippen LogP contribution in [0.25, 0.3) is 11.8 Å². The summed E-state index contributed by atoms with van der Waals surface area (Å²) in [5.74, 6) is 0.375. The molecule has 1 saturated carbocycles. The number of anilines is 1. The third kappa shape index (κ3) is 3.67. The van der Waals surface area contributed by atoms with Gasteiger partial charge in [0.2, 0.25) is 0 Å². The molecule has 1 aromatic rings. The van der Waals surface area contributed by atoms with Crippen molar-refractivity contribution in [3.05, 3.63) is 27.4 Å². The fourth-order valence-electron chi connectivity index (χ4n) is 4.61. The summed E-state index contributed by atoms with van der Waals surface area (Å²) in [6.45, 7) is 5.65. The lowest BCUT2D eigenvalue weighted by Crippen LogP contribution is -2.31. The number of nitrogens with zero attached hydrogens (tertiary/aromatic N) is 3. The number of nitrogens with one attached hydrogen (secondary N) is 1. The van der Waals surface area contributed by atoms with E-state index in [1.165, 1.54) is 0 Å². The predicted octanol–water partition coefficient (Wildman–Crippen LogP) is 2.99. The van der Waals surface area contributed by atoms with Crippen molar-refractivity contribution in [3.8, 4) is 0 Å². The van der Waals surface area contributed by atoms with Crippen LogP contribution < -0.4 is 15.6 Å². The summed E-state index contributed by atoms with van der Waals surface area (Å²) in [6.07, 6.45) is 9.51. The molecule has 0 saturated heterocycles. The van der Waals surface area contributed by atoms with Crippen LogP contribution in [0.2, 0.25) is 0 Å². The van der Waals surface area contributed by atoms with Crippen LogP contribution in [0.4, 0.5) is 5.69 Å². The van der Waals surface area contributed by atoms with Crippen molar-refractivity contribution in [1.29, 1.82) is 0 Å². The highest BCUT2D eigenvalue weighted by Gasteiger charge is 2.30. The van der Waals surface area contributed by atoms with E-state index in [2.05, 4.69) is 34.0 Å². The molecule has 0 bridgehead atoms. The minimum absolute atomic E-state index is 0.261. The van der Waals surface area contributed by atoms with Crippen molar-refractivity contribution in [2.45, 2.75) is 58.3 Å². The van der Waals surface area contributed by atoms with Crippen LogP contribution in [0.15, 0.2) is 21.3 Å². The SMILES string of the molecule is CC(C)O[C@H]1CC[C@H](C2=c3[nH]c4c(c3N(CC=O)CC=C2Cl)CN=NC=4)CC1.